The monoisotopic (exact) mass is 461 g/mol. The number of hydrogen-bond acceptors (Lipinski definition) is 8. The fourth-order valence-electron chi connectivity index (χ4n) is 3.02. The number of pyridine rings is 1. The highest BCUT2D eigenvalue weighted by molar-refractivity contribution is 8.00. The molecule has 1 aromatic heterocycles. The Hall–Kier alpha value is -4.23. The van der Waals surface area contributed by atoms with E-state index < -0.39 is 11.2 Å². The average molecular weight is 462 g/mol. The second kappa shape index (κ2) is 9.50. The summed E-state index contributed by atoms with van der Waals surface area (Å²) in [6.45, 7) is 1.82. The summed E-state index contributed by atoms with van der Waals surface area (Å²) >= 11 is 1.07. The van der Waals surface area contributed by atoms with Gasteiger partial charge in [-0.15, -0.1) is 0 Å². The van der Waals surface area contributed by atoms with Gasteiger partial charge in [-0.05, 0) is 37.3 Å². The van der Waals surface area contributed by atoms with Crippen molar-refractivity contribution in [1.82, 2.24) is 4.98 Å². The number of carbonyl (C=O) groups is 2. The number of amides is 2. The Morgan fingerprint density at radius 3 is 2.61 bits per heavy atom. The molecule has 4 rings (SSSR count). The molecule has 2 aromatic carbocycles. The number of ether oxygens (including phenoxy) is 2. The third-order valence-electron chi connectivity index (χ3n) is 4.71. The summed E-state index contributed by atoms with van der Waals surface area (Å²) in [5.41, 5.74) is 7.38. The molecule has 0 spiro atoms. The SMILES string of the molecule is CC(Sc1nc(N)c(C(=O)Nc2ccccc2)cc1C#N)C(=O)Nc1ccc2c(c1)OCO2. The van der Waals surface area contributed by atoms with Crippen molar-refractivity contribution in [1.29, 1.82) is 5.26 Å². The summed E-state index contributed by atoms with van der Waals surface area (Å²) in [5, 5.41) is 14.8. The van der Waals surface area contributed by atoms with E-state index in [1.165, 1.54) is 6.07 Å². The van der Waals surface area contributed by atoms with Crippen molar-refractivity contribution in [2.24, 2.45) is 0 Å². The van der Waals surface area contributed by atoms with E-state index in [-0.39, 0.29) is 34.7 Å². The van der Waals surface area contributed by atoms with Crippen molar-refractivity contribution < 1.29 is 19.1 Å². The molecule has 3 aromatic rings. The predicted octanol–water partition coefficient (Wildman–Crippen LogP) is 3.64. The summed E-state index contributed by atoms with van der Waals surface area (Å²) in [6.07, 6.45) is 0. The van der Waals surface area contributed by atoms with Gasteiger partial charge >= 0.3 is 0 Å². The number of thioether (sulfide) groups is 1. The second-order valence-corrected chi connectivity index (χ2v) is 8.35. The van der Waals surface area contributed by atoms with E-state index in [0.29, 0.717) is 22.9 Å². The van der Waals surface area contributed by atoms with Gasteiger partial charge in [-0.1, -0.05) is 30.0 Å². The molecule has 0 fully saturated rings. The number of nitrogens with one attached hydrogen (secondary N) is 2. The first kappa shape index (κ1) is 22.0. The maximum atomic E-state index is 12.7. The summed E-state index contributed by atoms with van der Waals surface area (Å²) in [4.78, 5) is 29.5. The number of nitrogens with zero attached hydrogens (tertiary/aromatic N) is 2. The molecule has 0 saturated carbocycles. The Morgan fingerprint density at radius 1 is 1.09 bits per heavy atom. The molecular weight excluding hydrogens is 442 g/mol. The van der Waals surface area contributed by atoms with Gasteiger partial charge in [-0.25, -0.2) is 4.98 Å². The van der Waals surface area contributed by atoms with Gasteiger partial charge in [0, 0.05) is 17.4 Å². The van der Waals surface area contributed by atoms with Crippen LogP contribution in [0, 0.1) is 11.3 Å². The number of benzene rings is 2. The second-order valence-electron chi connectivity index (χ2n) is 7.02. The Bertz CT molecular complexity index is 1260. The van der Waals surface area contributed by atoms with Crippen LogP contribution in [0.3, 0.4) is 0 Å². The molecule has 1 aliphatic rings. The van der Waals surface area contributed by atoms with Gasteiger partial charge in [-0.2, -0.15) is 5.26 Å². The normalized spacial score (nSPS) is 12.5. The zero-order valence-electron chi connectivity index (χ0n) is 17.5. The number of nitriles is 1. The van der Waals surface area contributed by atoms with Gasteiger partial charge in [0.15, 0.2) is 11.5 Å². The van der Waals surface area contributed by atoms with Gasteiger partial charge in [0.05, 0.1) is 16.4 Å². The molecule has 2 heterocycles. The number of carbonyl (C=O) groups excluding carboxylic acids is 2. The van der Waals surface area contributed by atoms with Crippen molar-refractivity contribution in [3.63, 3.8) is 0 Å². The van der Waals surface area contributed by atoms with Crippen LogP contribution in [0.4, 0.5) is 17.2 Å². The van der Waals surface area contributed by atoms with Crippen LogP contribution in [-0.4, -0.2) is 28.8 Å². The van der Waals surface area contributed by atoms with Crippen LogP contribution in [0.5, 0.6) is 11.5 Å². The number of nitrogen functional groups attached to an aromatic ring is 1. The molecule has 1 unspecified atom stereocenters. The van der Waals surface area contributed by atoms with Crippen LogP contribution in [-0.2, 0) is 4.79 Å². The Morgan fingerprint density at radius 2 is 1.85 bits per heavy atom. The first-order valence-electron chi connectivity index (χ1n) is 9.89. The molecule has 0 bridgehead atoms. The highest BCUT2D eigenvalue weighted by atomic mass is 32.2. The lowest BCUT2D eigenvalue weighted by atomic mass is 10.2. The first-order valence-corrected chi connectivity index (χ1v) is 10.8. The Kier molecular flexibility index (Phi) is 6.33. The first-order chi connectivity index (χ1) is 15.9. The summed E-state index contributed by atoms with van der Waals surface area (Å²) in [5.74, 6) is 0.360. The molecule has 2 amide bonds. The van der Waals surface area contributed by atoms with Crippen LogP contribution >= 0.6 is 11.8 Å². The summed E-state index contributed by atoms with van der Waals surface area (Å²) in [7, 11) is 0. The lowest BCUT2D eigenvalue weighted by Crippen LogP contribution is -2.23. The van der Waals surface area contributed by atoms with E-state index in [2.05, 4.69) is 15.6 Å². The molecular formula is C23H19N5O4S. The highest BCUT2D eigenvalue weighted by Crippen LogP contribution is 2.35. The number of para-hydroxylation sites is 1. The summed E-state index contributed by atoms with van der Waals surface area (Å²) < 4.78 is 10.6. The van der Waals surface area contributed by atoms with Crippen LogP contribution in [0.15, 0.2) is 59.6 Å². The number of hydrogen-bond donors (Lipinski definition) is 3. The molecule has 33 heavy (non-hydrogen) atoms. The van der Waals surface area contributed by atoms with Gasteiger partial charge in [-0.3, -0.25) is 9.59 Å². The van der Waals surface area contributed by atoms with Gasteiger partial charge < -0.3 is 25.8 Å². The standard InChI is InChI=1S/C23H19N5O4S/c1-13(21(29)27-16-7-8-18-19(10-16)32-12-31-18)33-23-14(11-24)9-17(20(25)28-23)22(30)26-15-5-3-2-4-6-15/h2-10,13H,12H2,1H3,(H2,25,28)(H,26,30)(H,27,29). The lowest BCUT2D eigenvalue weighted by Gasteiger charge is -2.14. The van der Waals surface area contributed by atoms with Crippen LogP contribution < -0.4 is 25.8 Å². The number of rotatable bonds is 6. The van der Waals surface area contributed by atoms with Crippen LogP contribution in [0.2, 0.25) is 0 Å². The predicted molar refractivity (Wildman–Crippen MR) is 124 cm³/mol. The van der Waals surface area contributed by atoms with E-state index in [1.54, 1.807) is 49.4 Å². The Labute approximate surface area is 193 Å². The largest absolute Gasteiger partial charge is 0.454 e. The number of anilines is 3. The van der Waals surface area contributed by atoms with Crippen molar-refractivity contribution in [2.45, 2.75) is 17.2 Å². The molecule has 0 radical (unpaired) electrons. The molecule has 1 aliphatic heterocycles. The lowest BCUT2D eigenvalue weighted by molar-refractivity contribution is -0.115. The summed E-state index contributed by atoms with van der Waals surface area (Å²) in [6, 6.07) is 17.4. The third kappa shape index (κ3) is 4.99. The van der Waals surface area contributed by atoms with Crippen LogP contribution in [0.25, 0.3) is 0 Å². The zero-order chi connectivity index (χ0) is 23.4. The van der Waals surface area contributed by atoms with Crippen molar-refractivity contribution in [3.05, 3.63) is 65.7 Å². The van der Waals surface area contributed by atoms with E-state index >= 15 is 0 Å². The molecule has 9 nitrogen and oxygen atoms in total. The van der Waals surface area contributed by atoms with Crippen LogP contribution in [0.1, 0.15) is 22.8 Å². The van der Waals surface area contributed by atoms with Crippen molar-refractivity contribution >= 4 is 40.8 Å². The maximum absolute atomic E-state index is 12.7. The molecule has 10 heteroatoms. The topological polar surface area (TPSA) is 139 Å². The van der Waals surface area contributed by atoms with Gasteiger partial charge in [0.25, 0.3) is 5.91 Å². The van der Waals surface area contributed by atoms with E-state index in [1.807, 2.05) is 12.1 Å². The minimum absolute atomic E-state index is 0.0340. The number of aromatic nitrogens is 1. The minimum atomic E-state index is -0.599. The van der Waals surface area contributed by atoms with Crippen molar-refractivity contribution in [2.75, 3.05) is 23.2 Å². The molecule has 166 valence electrons. The zero-order valence-corrected chi connectivity index (χ0v) is 18.3. The molecule has 0 saturated heterocycles. The highest BCUT2D eigenvalue weighted by Gasteiger charge is 2.22. The molecule has 4 N–H and O–H groups in total. The molecule has 1 atom stereocenters. The quantitative estimate of drug-likeness (QED) is 0.473. The van der Waals surface area contributed by atoms with Gasteiger partial charge in [0.1, 0.15) is 16.9 Å². The smallest absolute Gasteiger partial charge is 0.259 e. The minimum Gasteiger partial charge on any atom is -0.454 e. The fourth-order valence-corrected chi connectivity index (χ4v) is 3.90. The van der Waals surface area contributed by atoms with E-state index in [9.17, 15) is 14.9 Å². The van der Waals surface area contributed by atoms with Gasteiger partial charge in [0.2, 0.25) is 12.7 Å². The number of nitrogens with two attached hydrogens (primary N) is 1. The maximum Gasteiger partial charge on any atom is 0.259 e. The van der Waals surface area contributed by atoms with E-state index in [4.69, 9.17) is 15.2 Å². The van der Waals surface area contributed by atoms with Crippen molar-refractivity contribution in [3.8, 4) is 17.6 Å². The van der Waals surface area contributed by atoms with E-state index in [0.717, 1.165) is 11.8 Å². The average Bonchev–Trinajstić information content (AvgIpc) is 3.27. The fraction of sp³-hybridized carbons (Fsp3) is 0.130. The molecule has 0 aliphatic carbocycles. The number of fused-ring (bicyclic) bond motifs is 1. The third-order valence-corrected chi connectivity index (χ3v) is 5.81. The Balaban J connectivity index is 1.47.